The molecule has 1 N–H and O–H groups in total. The van der Waals surface area contributed by atoms with Gasteiger partial charge in [-0.1, -0.05) is 49.7 Å². The van der Waals surface area contributed by atoms with Crippen molar-refractivity contribution in [2.24, 2.45) is 5.41 Å². The Bertz CT molecular complexity index is 1540. The van der Waals surface area contributed by atoms with E-state index < -0.39 is 45.4 Å². The number of allylic oxidation sites excluding steroid dienone is 1. The van der Waals surface area contributed by atoms with Crippen LogP contribution in [-0.4, -0.2) is 27.6 Å². The number of Topliss-reactive ketones (excluding diaryl/α,β-unsaturated/α-hetero) is 1. The molecule has 0 bridgehead atoms. The van der Waals surface area contributed by atoms with Crippen molar-refractivity contribution in [3.05, 3.63) is 92.5 Å². The lowest BCUT2D eigenvalue weighted by Crippen LogP contribution is -2.55. The Morgan fingerprint density at radius 1 is 0.946 bits per heavy atom. The largest absolute Gasteiger partial charge is 0.411 e. The summed E-state index contributed by atoms with van der Waals surface area (Å²) in [6, 6.07) is 13.9. The molecular weight excluding hydrogens is 507 g/mol. The summed E-state index contributed by atoms with van der Waals surface area (Å²) in [6.07, 6.45) is -5.47. The molecule has 1 unspecified atom stereocenters. The van der Waals surface area contributed by atoms with Gasteiger partial charge in [-0.3, -0.25) is 24.4 Å². The maximum Gasteiger partial charge on any atom is 0.411 e. The van der Waals surface area contributed by atoms with E-state index >= 15 is 13.2 Å². The van der Waals surface area contributed by atoms with E-state index in [1.165, 1.54) is 31.2 Å². The Hall–Kier alpha value is -3.59. The van der Waals surface area contributed by atoms with Gasteiger partial charge in [0.2, 0.25) is 5.41 Å². The summed E-state index contributed by atoms with van der Waals surface area (Å²) < 4.78 is 47.2. The molecule has 192 valence electrons. The number of halogens is 4. The van der Waals surface area contributed by atoms with E-state index in [4.69, 9.17) is 11.6 Å². The zero-order valence-corrected chi connectivity index (χ0v) is 21.0. The summed E-state index contributed by atoms with van der Waals surface area (Å²) in [4.78, 5) is 42.3. The van der Waals surface area contributed by atoms with Crippen LogP contribution in [0.15, 0.2) is 70.7 Å². The van der Waals surface area contributed by atoms with Gasteiger partial charge in [0.05, 0.1) is 16.9 Å². The normalized spacial score (nSPS) is 21.5. The number of amides is 1. The van der Waals surface area contributed by atoms with Crippen LogP contribution in [0.25, 0.3) is 5.69 Å². The summed E-state index contributed by atoms with van der Waals surface area (Å²) in [5, 5.41) is 2.90. The lowest BCUT2D eigenvalue weighted by molar-refractivity contribution is -0.184. The fourth-order valence-corrected chi connectivity index (χ4v) is 5.76. The van der Waals surface area contributed by atoms with E-state index in [9.17, 15) is 14.4 Å². The van der Waals surface area contributed by atoms with Crippen molar-refractivity contribution in [1.82, 2.24) is 9.78 Å². The topological polar surface area (TPSA) is 75.2 Å². The third-order valence-electron chi connectivity index (χ3n) is 6.97. The first-order valence-electron chi connectivity index (χ1n) is 11.6. The molecule has 6 nitrogen and oxygen atoms in total. The molecule has 1 aliphatic heterocycles. The van der Waals surface area contributed by atoms with E-state index in [0.717, 1.165) is 9.58 Å². The zero-order chi connectivity index (χ0) is 26.9. The van der Waals surface area contributed by atoms with Gasteiger partial charge in [-0.15, -0.1) is 0 Å². The number of benzene rings is 2. The van der Waals surface area contributed by atoms with Gasteiger partial charge < -0.3 is 0 Å². The highest BCUT2D eigenvalue weighted by Crippen LogP contribution is 2.58. The lowest BCUT2D eigenvalue weighted by Gasteiger charge is -2.35. The third kappa shape index (κ3) is 3.59. The molecule has 5 rings (SSSR count). The molecule has 0 spiro atoms. The van der Waals surface area contributed by atoms with Gasteiger partial charge in [0.1, 0.15) is 0 Å². The van der Waals surface area contributed by atoms with Crippen LogP contribution in [0.2, 0.25) is 5.02 Å². The number of anilines is 1. The van der Waals surface area contributed by atoms with Crippen molar-refractivity contribution in [2.75, 3.05) is 4.90 Å². The van der Waals surface area contributed by atoms with Crippen molar-refractivity contribution in [2.45, 2.75) is 45.2 Å². The lowest BCUT2D eigenvalue weighted by atomic mass is 9.66. The van der Waals surface area contributed by atoms with Crippen LogP contribution in [0.5, 0.6) is 0 Å². The molecule has 1 atom stereocenters. The molecule has 10 heteroatoms. The van der Waals surface area contributed by atoms with Crippen LogP contribution in [0.1, 0.15) is 37.9 Å². The summed E-state index contributed by atoms with van der Waals surface area (Å²) in [6.45, 7) is 4.82. The SMILES string of the molecule is Cc1[nH]n(-c2ccccc2)c(=O)c1C1(C(F)(F)F)C(=O)N(c2cccc(Cl)c2)C2=C1C(=O)CC(C)(C)C2. The second-order valence-electron chi connectivity index (χ2n) is 10.2. The van der Waals surface area contributed by atoms with Crippen LogP contribution in [0.4, 0.5) is 18.9 Å². The minimum atomic E-state index is -5.30. The number of aromatic nitrogens is 2. The number of nitrogens with one attached hydrogen (secondary N) is 1. The molecule has 0 fully saturated rings. The number of hydrogen-bond acceptors (Lipinski definition) is 3. The second-order valence-corrected chi connectivity index (χ2v) is 10.7. The first-order chi connectivity index (χ1) is 17.3. The predicted molar refractivity (Wildman–Crippen MR) is 133 cm³/mol. The van der Waals surface area contributed by atoms with Gasteiger partial charge in [0, 0.05) is 28.4 Å². The first kappa shape index (κ1) is 25.1. The van der Waals surface area contributed by atoms with Crippen molar-refractivity contribution in [3.63, 3.8) is 0 Å². The highest BCUT2D eigenvalue weighted by molar-refractivity contribution is 6.31. The van der Waals surface area contributed by atoms with Crippen molar-refractivity contribution in [1.29, 1.82) is 0 Å². The standard InChI is InChI=1S/C27H23ClF3N3O3/c1-15-21(23(36)34(32-15)17-9-5-4-6-10-17)26(27(29,30)31)22-19(13-25(2,3)14-20(22)35)33(24(26)37)18-11-7-8-16(28)12-18/h4-12,32H,13-14H2,1-3H3. The van der Waals surface area contributed by atoms with Crippen LogP contribution >= 0.6 is 11.6 Å². The average Bonchev–Trinajstić information content (AvgIpc) is 3.23. The molecule has 0 saturated heterocycles. The van der Waals surface area contributed by atoms with Crippen LogP contribution in [0.3, 0.4) is 0 Å². The van der Waals surface area contributed by atoms with Gasteiger partial charge >= 0.3 is 6.18 Å². The van der Waals surface area contributed by atoms with Gasteiger partial charge in [0.15, 0.2) is 5.78 Å². The molecule has 0 radical (unpaired) electrons. The zero-order valence-electron chi connectivity index (χ0n) is 20.2. The number of carbonyl (C=O) groups excluding carboxylic acids is 2. The number of alkyl halides is 3. The molecule has 37 heavy (non-hydrogen) atoms. The van der Waals surface area contributed by atoms with E-state index in [1.54, 1.807) is 44.2 Å². The summed E-state index contributed by atoms with van der Waals surface area (Å²) >= 11 is 6.13. The maximum absolute atomic E-state index is 15.4. The summed E-state index contributed by atoms with van der Waals surface area (Å²) in [5.74, 6) is -2.23. The smallest absolute Gasteiger partial charge is 0.295 e. The van der Waals surface area contributed by atoms with E-state index in [2.05, 4.69) is 5.10 Å². The molecule has 2 aliphatic rings. The molecule has 0 saturated carbocycles. The van der Waals surface area contributed by atoms with Crippen molar-refractivity contribution < 1.29 is 22.8 Å². The Balaban J connectivity index is 1.88. The van der Waals surface area contributed by atoms with Crippen LogP contribution < -0.4 is 10.5 Å². The van der Waals surface area contributed by atoms with Gasteiger partial charge in [-0.05, 0) is 49.1 Å². The second kappa shape index (κ2) is 8.21. The molecular formula is C27H23ClF3N3O3. The quantitative estimate of drug-likeness (QED) is 0.479. The Morgan fingerprint density at radius 2 is 1.59 bits per heavy atom. The van der Waals surface area contributed by atoms with E-state index in [1.807, 2.05) is 0 Å². The minimum absolute atomic E-state index is 0.0283. The molecule has 2 aromatic carbocycles. The van der Waals surface area contributed by atoms with Crippen molar-refractivity contribution >= 4 is 29.0 Å². The van der Waals surface area contributed by atoms with E-state index in [-0.39, 0.29) is 34.9 Å². The first-order valence-corrected chi connectivity index (χ1v) is 12.0. The van der Waals surface area contributed by atoms with Crippen LogP contribution in [-0.2, 0) is 15.0 Å². The average molecular weight is 530 g/mol. The number of carbonyl (C=O) groups is 2. The summed E-state index contributed by atoms with van der Waals surface area (Å²) in [7, 11) is 0. The highest BCUT2D eigenvalue weighted by Gasteiger charge is 2.73. The Labute approximate surface area is 215 Å². The van der Waals surface area contributed by atoms with Gasteiger partial charge in [0.25, 0.3) is 11.5 Å². The highest BCUT2D eigenvalue weighted by atomic mass is 35.5. The van der Waals surface area contributed by atoms with Crippen molar-refractivity contribution in [3.8, 4) is 5.69 Å². The number of H-pyrrole nitrogens is 1. The number of hydrogen-bond donors (Lipinski definition) is 1. The molecule has 3 aromatic rings. The third-order valence-corrected chi connectivity index (χ3v) is 7.21. The Kier molecular flexibility index (Phi) is 5.56. The predicted octanol–water partition coefficient (Wildman–Crippen LogP) is 5.62. The van der Waals surface area contributed by atoms with Gasteiger partial charge in [-0.25, -0.2) is 4.68 Å². The summed E-state index contributed by atoms with van der Waals surface area (Å²) in [5.41, 5.74) is -6.55. The fraction of sp³-hybridized carbons (Fsp3) is 0.296. The molecule has 2 heterocycles. The Morgan fingerprint density at radius 3 is 2.22 bits per heavy atom. The molecule has 1 aromatic heterocycles. The van der Waals surface area contributed by atoms with Crippen LogP contribution in [0, 0.1) is 12.3 Å². The number of para-hydroxylation sites is 1. The number of aryl methyl sites for hydroxylation is 1. The molecule has 1 amide bonds. The maximum atomic E-state index is 15.4. The number of aromatic amines is 1. The fourth-order valence-electron chi connectivity index (χ4n) is 5.57. The monoisotopic (exact) mass is 529 g/mol. The molecule has 1 aliphatic carbocycles. The minimum Gasteiger partial charge on any atom is -0.295 e. The van der Waals surface area contributed by atoms with E-state index in [0.29, 0.717) is 5.69 Å². The number of ketones is 1. The number of nitrogens with zero attached hydrogens (tertiary/aromatic N) is 2. The van der Waals surface area contributed by atoms with Gasteiger partial charge in [-0.2, -0.15) is 13.2 Å². The number of rotatable bonds is 3.